The molecule has 1 fully saturated rings. The Kier molecular flexibility index (Phi) is 5.44. The van der Waals surface area contributed by atoms with Crippen molar-refractivity contribution in [2.45, 2.75) is 37.5 Å². The van der Waals surface area contributed by atoms with Crippen LogP contribution >= 0.6 is 0 Å². The van der Waals surface area contributed by atoms with Gasteiger partial charge in [-0.05, 0) is 37.6 Å². The number of alkyl halides is 3. The van der Waals surface area contributed by atoms with E-state index in [1.807, 2.05) is 48.1 Å². The van der Waals surface area contributed by atoms with Crippen molar-refractivity contribution in [2.75, 3.05) is 18.8 Å². The number of pyridine rings is 1. The topological polar surface area (TPSA) is 107 Å². The Morgan fingerprint density at radius 3 is 2.66 bits per heavy atom. The van der Waals surface area contributed by atoms with Crippen molar-refractivity contribution < 1.29 is 18.0 Å². The first kappa shape index (κ1) is 24.0. The van der Waals surface area contributed by atoms with Crippen molar-refractivity contribution in [2.24, 2.45) is 0 Å². The number of carbonyl (C=O) groups excluding carboxylic acids is 1. The van der Waals surface area contributed by atoms with E-state index in [0.29, 0.717) is 25.3 Å². The summed E-state index contributed by atoms with van der Waals surface area (Å²) in [5.74, 6) is -0.563. The lowest BCUT2D eigenvalue weighted by molar-refractivity contribution is -0.137. The van der Waals surface area contributed by atoms with Crippen LogP contribution in [0.15, 0.2) is 61.1 Å². The number of nitrogens with one attached hydrogen (secondary N) is 1. The molecule has 1 aromatic carbocycles. The van der Waals surface area contributed by atoms with Crippen LogP contribution in [0.5, 0.6) is 0 Å². The maximum absolute atomic E-state index is 13.3. The minimum absolute atomic E-state index is 0.175. The van der Waals surface area contributed by atoms with Gasteiger partial charge < -0.3 is 16.0 Å². The van der Waals surface area contributed by atoms with Gasteiger partial charge in [0.05, 0.1) is 29.2 Å². The lowest BCUT2D eigenvalue weighted by Crippen LogP contribution is -2.62. The minimum atomic E-state index is -4.60. The number of nitrogens with two attached hydrogens (primary N) is 1. The van der Waals surface area contributed by atoms with E-state index in [9.17, 15) is 18.0 Å². The number of rotatable bonds is 4. The van der Waals surface area contributed by atoms with Crippen LogP contribution in [0, 0.1) is 0 Å². The third-order valence-corrected chi connectivity index (χ3v) is 7.38. The zero-order valence-electron chi connectivity index (χ0n) is 20.5. The smallest absolute Gasteiger partial charge is 0.383 e. The fraction of sp³-hybridized carbons (Fsp3) is 0.308. The van der Waals surface area contributed by atoms with Gasteiger partial charge in [-0.25, -0.2) is 14.5 Å². The van der Waals surface area contributed by atoms with Gasteiger partial charge in [-0.3, -0.25) is 4.68 Å². The molecule has 1 saturated heterocycles. The fourth-order valence-corrected chi connectivity index (χ4v) is 5.24. The summed E-state index contributed by atoms with van der Waals surface area (Å²) in [6.07, 6.45) is 1.15. The maximum Gasteiger partial charge on any atom is 0.419 e. The van der Waals surface area contributed by atoms with E-state index < -0.39 is 17.6 Å². The monoisotopic (exact) mass is 522 g/mol. The number of hydrogen-bond acceptors (Lipinski definition) is 5. The van der Waals surface area contributed by atoms with Crippen LogP contribution in [0.4, 0.5) is 23.8 Å². The molecule has 1 atom stereocenters. The number of likely N-dealkylation sites (tertiary alicyclic amines) is 1. The Morgan fingerprint density at radius 1 is 1.16 bits per heavy atom. The minimum Gasteiger partial charge on any atom is -0.383 e. The summed E-state index contributed by atoms with van der Waals surface area (Å²) in [4.78, 5) is 18.4. The molecule has 196 valence electrons. The molecule has 4 aromatic rings. The van der Waals surface area contributed by atoms with E-state index in [2.05, 4.69) is 20.5 Å². The average molecular weight is 523 g/mol. The predicted octanol–water partition coefficient (Wildman–Crippen LogP) is 4.16. The quantitative estimate of drug-likeness (QED) is 0.419. The van der Waals surface area contributed by atoms with Crippen LogP contribution in [0.25, 0.3) is 16.9 Å². The molecule has 2 amide bonds. The maximum atomic E-state index is 13.3. The number of amides is 2. The molecule has 0 saturated carbocycles. The van der Waals surface area contributed by atoms with Crippen molar-refractivity contribution in [1.29, 1.82) is 0 Å². The summed E-state index contributed by atoms with van der Waals surface area (Å²) in [7, 11) is 0. The van der Waals surface area contributed by atoms with Crippen molar-refractivity contribution >= 4 is 11.8 Å². The lowest BCUT2D eigenvalue weighted by atomic mass is 9.76. The highest BCUT2D eigenvalue weighted by molar-refractivity contribution is 5.76. The number of aryl methyl sites for hydroxylation is 1. The molecule has 1 unspecified atom stereocenters. The van der Waals surface area contributed by atoms with Crippen LogP contribution < -0.4 is 11.1 Å². The standard InChI is InChI=1S/C26H25F3N8O/c1-16(18-12-32-37(13-18)19-5-3-2-4-6-19)33-24(38)35-14-25(15-35)7-8-36-22(25)10-21(34-36)17-9-20(26(27,28)29)23(30)31-11-17/h2-6,9-13,16H,7-8,14-15H2,1H3,(H2,30,31)(H,33,38). The first-order valence-electron chi connectivity index (χ1n) is 12.2. The molecule has 0 aliphatic carbocycles. The highest BCUT2D eigenvalue weighted by Gasteiger charge is 2.51. The highest BCUT2D eigenvalue weighted by Crippen LogP contribution is 2.44. The van der Waals surface area contributed by atoms with Gasteiger partial charge in [-0.1, -0.05) is 18.2 Å². The Morgan fingerprint density at radius 2 is 1.92 bits per heavy atom. The van der Waals surface area contributed by atoms with Crippen LogP contribution in [-0.4, -0.2) is 48.6 Å². The Labute approximate surface area is 216 Å². The third-order valence-electron chi connectivity index (χ3n) is 7.38. The molecule has 2 aliphatic rings. The summed E-state index contributed by atoms with van der Waals surface area (Å²) < 4.78 is 43.5. The van der Waals surface area contributed by atoms with E-state index in [-0.39, 0.29) is 23.1 Å². The molecule has 3 aromatic heterocycles. The van der Waals surface area contributed by atoms with Crippen molar-refractivity contribution in [3.8, 4) is 16.9 Å². The number of hydrogen-bond donors (Lipinski definition) is 2. The molecule has 2 aliphatic heterocycles. The number of benzene rings is 1. The first-order chi connectivity index (χ1) is 18.1. The van der Waals surface area contributed by atoms with E-state index >= 15 is 0 Å². The van der Waals surface area contributed by atoms with Gasteiger partial charge in [0.15, 0.2) is 0 Å². The number of halogens is 3. The lowest BCUT2D eigenvalue weighted by Gasteiger charge is -2.47. The van der Waals surface area contributed by atoms with E-state index in [1.165, 1.54) is 6.20 Å². The molecule has 38 heavy (non-hydrogen) atoms. The fourth-order valence-electron chi connectivity index (χ4n) is 5.24. The number of fused-ring (bicyclic) bond motifs is 2. The molecular formula is C26H25F3N8O. The molecule has 3 N–H and O–H groups in total. The summed E-state index contributed by atoms with van der Waals surface area (Å²) in [5.41, 5.74) is 7.59. The number of anilines is 1. The van der Waals surface area contributed by atoms with E-state index in [4.69, 9.17) is 5.73 Å². The van der Waals surface area contributed by atoms with Crippen molar-refractivity contribution in [3.63, 3.8) is 0 Å². The number of nitrogens with zero attached hydrogens (tertiary/aromatic N) is 6. The second-order valence-electron chi connectivity index (χ2n) is 9.90. The molecule has 12 heteroatoms. The predicted molar refractivity (Wildman–Crippen MR) is 133 cm³/mol. The molecular weight excluding hydrogens is 497 g/mol. The SMILES string of the molecule is CC(NC(=O)N1CC2(CCn3nc(-c4cnc(N)c(C(F)(F)F)c4)cc32)C1)c1cnn(-c2ccccc2)c1. The Hall–Kier alpha value is -4.35. The van der Waals surface area contributed by atoms with Crippen molar-refractivity contribution in [1.82, 2.24) is 34.8 Å². The van der Waals surface area contributed by atoms with Gasteiger partial charge in [0.2, 0.25) is 0 Å². The molecule has 1 spiro atoms. The normalized spacial score (nSPS) is 16.8. The van der Waals surface area contributed by atoms with Crippen LogP contribution in [0.1, 0.15) is 36.2 Å². The average Bonchev–Trinajstić information content (AvgIpc) is 3.58. The molecule has 0 bridgehead atoms. The van der Waals surface area contributed by atoms with Gasteiger partial charge in [0, 0.05) is 54.3 Å². The highest BCUT2D eigenvalue weighted by atomic mass is 19.4. The van der Waals surface area contributed by atoms with Gasteiger partial charge in [0.1, 0.15) is 5.82 Å². The van der Waals surface area contributed by atoms with Crippen LogP contribution in [0.3, 0.4) is 0 Å². The Balaban J connectivity index is 1.13. The Bertz CT molecular complexity index is 1500. The number of aromatic nitrogens is 5. The van der Waals surface area contributed by atoms with E-state index in [1.54, 1.807) is 21.8 Å². The largest absolute Gasteiger partial charge is 0.419 e. The molecule has 5 heterocycles. The molecule has 9 nitrogen and oxygen atoms in total. The third kappa shape index (κ3) is 4.05. The van der Waals surface area contributed by atoms with Crippen LogP contribution in [-0.2, 0) is 18.1 Å². The second-order valence-corrected chi connectivity index (χ2v) is 9.90. The second kappa shape index (κ2) is 8.61. The number of para-hydroxylation sites is 1. The first-order valence-corrected chi connectivity index (χ1v) is 12.2. The zero-order valence-corrected chi connectivity index (χ0v) is 20.5. The number of carbonyl (C=O) groups is 1. The number of urea groups is 1. The zero-order chi connectivity index (χ0) is 26.7. The van der Waals surface area contributed by atoms with Gasteiger partial charge in [-0.15, -0.1) is 0 Å². The number of nitrogen functional groups attached to an aromatic ring is 1. The summed E-state index contributed by atoms with van der Waals surface area (Å²) in [6.45, 7) is 3.56. The molecule has 6 rings (SSSR count). The van der Waals surface area contributed by atoms with Crippen LogP contribution in [0.2, 0.25) is 0 Å². The van der Waals surface area contributed by atoms with Crippen molar-refractivity contribution in [3.05, 3.63) is 77.9 Å². The van der Waals surface area contributed by atoms with Gasteiger partial charge in [0.25, 0.3) is 0 Å². The summed E-state index contributed by atoms with van der Waals surface area (Å²) >= 11 is 0. The van der Waals surface area contributed by atoms with Gasteiger partial charge in [-0.2, -0.15) is 23.4 Å². The summed E-state index contributed by atoms with van der Waals surface area (Å²) in [6, 6.07) is 12.1. The van der Waals surface area contributed by atoms with Gasteiger partial charge >= 0.3 is 12.2 Å². The summed E-state index contributed by atoms with van der Waals surface area (Å²) in [5, 5.41) is 11.9. The van der Waals surface area contributed by atoms with E-state index in [0.717, 1.165) is 29.4 Å². The molecule has 0 radical (unpaired) electrons.